The molecule has 1 N–H and O–H groups in total. The molecule has 0 saturated carbocycles. The molecule has 1 aliphatic heterocycles. The molecule has 0 bridgehead atoms. The average molecular weight is 458 g/mol. The molecule has 0 aliphatic carbocycles. The second kappa shape index (κ2) is 7.96. The quantitative estimate of drug-likeness (QED) is 0.438. The summed E-state index contributed by atoms with van der Waals surface area (Å²) in [5.74, 6) is -0.0297. The fourth-order valence-electron chi connectivity index (χ4n) is 3.43. The van der Waals surface area contributed by atoms with E-state index in [2.05, 4.69) is 10.4 Å². The summed E-state index contributed by atoms with van der Waals surface area (Å²) >= 11 is 0. The predicted molar refractivity (Wildman–Crippen MR) is 114 cm³/mol. The molecule has 166 valence electrons. The van der Waals surface area contributed by atoms with Crippen LogP contribution in [-0.2, 0) is 21.3 Å². The van der Waals surface area contributed by atoms with Gasteiger partial charge in [-0.1, -0.05) is 0 Å². The molecule has 0 unspecified atom stereocenters. The molecule has 0 fully saturated rings. The summed E-state index contributed by atoms with van der Waals surface area (Å²) in [5.41, 5.74) is 1.30. The van der Waals surface area contributed by atoms with Gasteiger partial charge in [-0.25, -0.2) is 13.1 Å². The number of carbonyl (C=O) groups is 1. The van der Waals surface area contributed by atoms with Gasteiger partial charge in [-0.05, 0) is 30.3 Å². The van der Waals surface area contributed by atoms with E-state index in [1.165, 1.54) is 49.2 Å². The van der Waals surface area contributed by atoms with Gasteiger partial charge in [0.15, 0.2) is 21.3 Å². The number of rotatable bonds is 6. The molecule has 0 atom stereocenters. The maximum atomic E-state index is 13.0. The molecule has 12 heteroatoms. The molecule has 11 nitrogen and oxygen atoms in total. The van der Waals surface area contributed by atoms with E-state index in [0.717, 1.165) is 0 Å². The molecule has 2 aromatic carbocycles. The predicted octanol–water partition coefficient (Wildman–Crippen LogP) is 2.48. The second-order valence-corrected chi connectivity index (χ2v) is 9.08. The Morgan fingerprint density at radius 3 is 2.41 bits per heavy atom. The van der Waals surface area contributed by atoms with Crippen molar-refractivity contribution < 1.29 is 27.6 Å². The number of hydrogen-bond donors (Lipinski definition) is 1. The first kappa shape index (κ1) is 21.3. The van der Waals surface area contributed by atoms with E-state index in [-0.39, 0.29) is 28.6 Å². The Balaban J connectivity index is 1.74. The molecule has 0 radical (unpaired) electrons. The first-order valence-electron chi connectivity index (χ1n) is 9.32. The lowest BCUT2D eigenvalue weighted by Gasteiger charge is -2.12. The molecule has 1 aromatic heterocycles. The number of nitro groups is 1. The van der Waals surface area contributed by atoms with Crippen LogP contribution in [0.15, 0.2) is 42.5 Å². The molecule has 32 heavy (non-hydrogen) atoms. The third-order valence-corrected chi connectivity index (χ3v) is 6.41. The minimum Gasteiger partial charge on any atom is -0.493 e. The molecule has 0 spiro atoms. The topological polar surface area (TPSA) is 143 Å². The smallest absolute Gasteiger partial charge is 0.269 e. The Morgan fingerprint density at radius 2 is 1.78 bits per heavy atom. The third-order valence-electron chi connectivity index (χ3n) is 4.97. The van der Waals surface area contributed by atoms with Crippen LogP contribution in [0.5, 0.6) is 11.5 Å². The van der Waals surface area contributed by atoms with Crippen molar-refractivity contribution >= 4 is 27.2 Å². The highest BCUT2D eigenvalue weighted by Crippen LogP contribution is 2.34. The fourth-order valence-corrected chi connectivity index (χ4v) is 4.92. The lowest BCUT2D eigenvalue weighted by atomic mass is 10.2. The summed E-state index contributed by atoms with van der Waals surface area (Å²) in [6, 6.07) is 10.2. The number of non-ortho nitro benzene ring substituents is 1. The number of sulfone groups is 1. The van der Waals surface area contributed by atoms with E-state index >= 15 is 0 Å². The number of amides is 1. The van der Waals surface area contributed by atoms with Gasteiger partial charge in [0.2, 0.25) is 0 Å². The highest BCUT2D eigenvalue weighted by atomic mass is 32.2. The summed E-state index contributed by atoms with van der Waals surface area (Å²) in [6.45, 7) is 0. The van der Waals surface area contributed by atoms with E-state index in [4.69, 9.17) is 9.47 Å². The number of nitrogens with zero attached hydrogens (tertiary/aromatic N) is 3. The van der Waals surface area contributed by atoms with Gasteiger partial charge in [-0.15, -0.1) is 0 Å². The van der Waals surface area contributed by atoms with Crippen LogP contribution in [-0.4, -0.2) is 43.2 Å². The van der Waals surface area contributed by atoms with Crippen molar-refractivity contribution in [2.45, 2.75) is 11.5 Å². The molecule has 0 saturated heterocycles. The summed E-state index contributed by atoms with van der Waals surface area (Å²) in [5, 5.41) is 18.0. The summed E-state index contributed by atoms with van der Waals surface area (Å²) in [6.07, 6.45) is 0. The van der Waals surface area contributed by atoms with Crippen LogP contribution in [0.1, 0.15) is 21.6 Å². The number of anilines is 1. The van der Waals surface area contributed by atoms with E-state index in [0.29, 0.717) is 28.4 Å². The number of benzene rings is 2. The van der Waals surface area contributed by atoms with Crippen LogP contribution in [0.25, 0.3) is 5.69 Å². The molecular weight excluding hydrogens is 440 g/mol. The van der Waals surface area contributed by atoms with Gasteiger partial charge in [-0.2, -0.15) is 5.10 Å². The average Bonchev–Trinajstić information content (AvgIpc) is 3.25. The second-order valence-electron chi connectivity index (χ2n) is 7.02. The van der Waals surface area contributed by atoms with Crippen molar-refractivity contribution in [1.82, 2.24) is 9.78 Å². The van der Waals surface area contributed by atoms with Crippen LogP contribution in [0.4, 0.5) is 11.5 Å². The standard InChI is InChI=1S/C20H18N4O7S/c1-30-17-8-3-12(9-18(17)31-2)20(25)21-19-15-10-32(28,29)11-16(15)22-23(19)13-4-6-14(7-5-13)24(26)27/h3-9H,10-11H2,1-2H3,(H,21,25). The molecule has 4 rings (SSSR count). The Morgan fingerprint density at radius 1 is 1.09 bits per heavy atom. The van der Waals surface area contributed by atoms with E-state index in [1.54, 1.807) is 12.1 Å². The van der Waals surface area contributed by atoms with Crippen molar-refractivity contribution in [1.29, 1.82) is 0 Å². The zero-order valence-electron chi connectivity index (χ0n) is 17.1. The van der Waals surface area contributed by atoms with E-state index in [1.807, 2.05) is 0 Å². The number of nitro benzene ring substituents is 1. The third kappa shape index (κ3) is 3.87. The highest BCUT2D eigenvalue weighted by Gasteiger charge is 2.33. The highest BCUT2D eigenvalue weighted by molar-refractivity contribution is 7.90. The molecule has 1 aliphatic rings. The Kier molecular flexibility index (Phi) is 5.30. The molecule has 1 amide bonds. The van der Waals surface area contributed by atoms with Gasteiger partial charge in [0.1, 0.15) is 5.82 Å². The zero-order valence-corrected chi connectivity index (χ0v) is 17.9. The minimum absolute atomic E-state index is 0.105. The first-order valence-corrected chi connectivity index (χ1v) is 11.1. The van der Waals surface area contributed by atoms with Crippen LogP contribution < -0.4 is 14.8 Å². The maximum Gasteiger partial charge on any atom is 0.269 e. The van der Waals surface area contributed by atoms with Crippen LogP contribution in [0, 0.1) is 10.1 Å². The minimum atomic E-state index is -3.37. The zero-order chi connectivity index (χ0) is 23.0. The molecule has 2 heterocycles. The SMILES string of the molecule is COc1ccc(C(=O)Nc2c3c(nn2-c2ccc([N+](=O)[O-])cc2)CS(=O)(=O)C3)cc1OC. The van der Waals surface area contributed by atoms with Crippen molar-refractivity contribution in [3.05, 3.63) is 69.4 Å². The van der Waals surface area contributed by atoms with Gasteiger partial charge in [0.25, 0.3) is 11.6 Å². The van der Waals surface area contributed by atoms with Crippen LogP contribution in [0.2, 0.25) is 0 Å². The van der Waals surface area contributed by atoms with Crippen molar-refractivity contribution in [2.24, 2.45) is 0 Å². The number of aromatic nitrogens is 2. The molecular formula is C20H18N4O7S. The number of nitrogens with one attached hydrogen (secondary N) is 1. The lowest BCUT2D eigenvalue weighted by Crippen LogP contribution is -2.17. The number of ether oxygens (including phenoxy) is 2. The summed E-state index contributed by atoms with van der Waals surface area (Å²) in [7, 11) is -0.453. The van der Waals surface area contributed by atoms with Crippen molar-refractivity contribution in [2.75, 3.05) is 19.5 Å². The van der Waals surface area contributed by atoms with E-state index < -0.39 is 20.7 Å². The largest absolute Gasteiger partial charge is 0.493 e. The Bertz CT molecular complexity index is 1330. The maximum absolute atomic E-state index is 13.0. The lowest BCUT2D eigenvalue weighted by molar-refractivity contribution is -0.384. The van der Waals surface area contributed by atoms with Gasteiger partial charge in [0.05, 0.1) is 42.0 Å². The number of methoxy groups -OCH3 is 2. The monoisotopic (exact) mass is 458 g/mol. The Hall–Kier alpha value is -3.93. The fraction of sp³-hybridized carbons (Fsp3) is 0.200. The number of fused-ring (bicyclic) bond motifs is 1. The molecule has 3 aromatic rings. The number of hydrogen-bond acceptors (Lipinski definition) is 8. The van der Waals surface area contributed by atoms with Gasteiger partial charge < -0.3 is 14.8 Å². The summed E-state index contributed by atoms with van der Waals surface area (Å²) < 4.78 is 36.0. The van der Waals surface area contributed by atoms with Gasteiger partial charge in [-0.3, -0.25) is 14.9 Å². The van der Waals surface area contributed by atoms with Crippen LogP contribution in [0.3, 0.4) is 0 Å². The van der Waals surface area contributed by atoms with E-state index in [9.17, 15) is 23.3 Å². The Labute approximate surface area is 182 Å². The van der Waals surface area contributed by atoms with Crippen LogP contribution >= 0.6 is 0 Å². The van der Waals surface area contributed by atoms with Gasteiger partial charge in [0, 0.05) is 23.3 Å². The normalized spacial score (nSPS) is 13.9. The van der Waals surface area contributed by atoms with Crippen molar-refractivity contribution in [3.8, 4) is 17.2 Å². The summed E-state index contributed by atoms with van der Waals surface area (Å²) in [4.78, 5) is 23.4. The number of carbonyl (C=O) groups excluding carboxylic acids is 1. The van der Waals surface area contributed by atoms with Gasteiger partial charge >= 0.3 is 0 Å². The van der Waals surface area contributed by atoms with Crippen molar-refractivity contribution in [3.63, 3.8) is 0 Å². The first-order chi connectivity index (χ1) is 15.2.